The smallest absolute Gasteiger partial charge is 0.267 e. The van der Waals surface area contributed by atoms with E-state index in [2.05, 4.69) is 5.10 Å². The number of hydrogen-bond acceptors (Lipinski definition) is 4. The van der Waals surface area contributed by atoms with Crippen molar-refractivity contribution in [1.29, 1.82) is 0 Å². The molecule has 134 valence electrons. The van der Waals surface area contributed by atoms with Crippen LogP contribution in [0.1, 0.15) is 46.6 Å². The molecular weight excluding hydrogens is 338 g/mol. The molecule has 0 unspecified atom stereocenters. The number of piperidine rings is 1. The first kappa shape index (κ1) is 17.8. The molecule has 0 radical (unpaired) electrons. The van der Waals surface area contributed by atoms with Crippen LogP contribution < -0.4 is 0 Å². The molecule has 1 aromatic carbocycles. The Morgan fingerprint density at radius 2 is 1.76 bits per heavy atom. The summed E-state index contributed by atoms with van der Waals surface area (Å²) in [5.41, 5.74) is 2.19. The lowest BCUT2D eigenvalue weighted by Crippen LogP contribution is -2.36. The lowest BCUT2D eigenvalue weighted by atomic mass is 10.1. The van der Waals surface area contributed by atoms with Gasteiger partial charge in [-0.05, 0) is 45.7 Å². The number of nitrogens with zero attached hydrogens (tertiary/aromatic N) is 3. The zero-order valence-corrected chi connectivity index (χ0v) is 15.6. The maximum Gasteiger partial charge on any atom is 0.278 e. The predicted octanol–water partition coefficient (Wildman–Crippen LogP) is 2.67. The van der Waals surface area contributed by atoms with Crippen molar-refractivity contribution < 1.29 is 13.2 Å². The maximum atomic E-state index is 13.0. The van der Waals surface area contributed by atoms with Gasteiger partial charge in [0.1, 0.15) is 4.90 Å². The first-order valence-electron chi connectivity index (χ1n) is 8.50. The zero-order chi connectivity index (χ0) is 18.2. The first-order chi connectivity index (χ1) is 11.8. The molecule has 2 aromatic rings. The van der Waals surface area contributed by atoms with Gasteiger partial charge in [-0.15, -0.1) is 0 Å². The Bertz CT molecular complexity index is 910. The van der Waals surface area contributed by atoms with Gasteiger partial charge in [-0.3, -0.25) is 4.79 Å². The minimum Gasteiger partial charge on any atom is -0.267 e. The molecule has 0 saturated carbocycles. The van der Waals surface area contributed by atoms with Crippen LogP contribution in [0.25, 0.3) is 0 Å². The quantitative estimate of drug-likeness (QED) is 0.842. The highest BCUT2D eigenvalue weighted by Gasteiger charge is 2.32. The van der Waals surface area contributed by atoms with E-state index in [9.17, 15) is 13.2 Å². The molecule has 2 heterocycles. The highest BCUT2D eigenvalue weighted by molar-refractivity contribution is 7.89. The fraction of sp³-hybridized carbons (Fsp3) is 0.444. The molecule has 6 nitrogen and oxygen atoms in total. The summed E-state index contributed by atoms with van der Waals surface area (Å²) in [6.07, 6.45) is 2.79. The van der Waals surface area contributed by atoms with Gasteiger partial charge in [0, 0.05) is 18.7 Å². The maximum absolute atomic E-state index is 13.0. The highest BCUT2D eigenvalue weighted by Crippen LogP contribution is 2.26. The minimum absolute atomic E-state index is 0.162. The first-order valence-corrected chi connectivity index (χ1v) is 9.94. The number of aryl methyl sites for hydroxylation is 2. The van der Waals surface area contributed by atoms with E-state index >= 15 is 0 Å². The van der Waals surface area contributed by atoms with Crippen LogP contribution in [0.4, 0.5) is 0 Å². The summed E-state index contributed by atoms with van der Waals surface area (Å²) in [6.45, 7) is 6.25. The monoisotopic (exact) mass is 361 g/mol. The van der Waals surface area contributed by atoms with Crippen molar-refractivity contribution in [1.82, 2.24) is 14.1 Å². The molecule has 3 rings (SSSR count). The zero-order valence-electron chi connectivity index (χ0n) is 14.8. The van der Waals surface area contributed by atoms with Gasteiger partial charge in [0.15, 0.2) is 0 Å². The summed E-state index contributed by atoms with van der Waals surface area (Å²) in [5.74, 6) is -0.315. The van der Waals surface area contributed by atoms with Crippen LogP contribution in [0, 0.1) is 20.8 Å². The van der Waals surface area contributed by atoms with Gasteiger partial charge >= 0.3 is 0 Å². The lowest BCUT2D eigenvalue weighted by Gasteiger charge is -2.25. The topological polar surface area (TPSA) is 72.3 Å². The van der Waals surface area contributed by atoms with Crippen LogP contribution in [0.15, 0.2) is 29.2 Å². The second kappa shape index (κ2) is 6.72. The summed E-state index contributed by atoms with van der Waals surface area (Å²) in [6, 6.07) is 7.20. The van der Waals surface area contributed by atoms with Crippen molar-refractivity contribution >= 4 is 15.9 Å². The third-order valence-electron chi connectivity index (χ3n) is 4.60. The summed E-state index contributed by atoms with van der Waals surface area (Å²) < 4.78 is 28.8. The molecule has 0 amide bonds. The van der Waals surface area contributed by atoms with Gasteiger partial charge in [-0.2, -0.15) is 14.1 Å². The minimum atomic E-state index is -3.63. The molecule has 1 aliphatic heterocycles. The van der Waals surface area contributed by atoms with E-state index in [-0.39, 0.29) is 10.8 Å². The average molecular weight is 361 g/mol. The number of rotatable bonds is 3. The molecule has 0 N–H and O–H groups in total. The molecule has 1 aliphatic rings. The molecule has 0 atom stereocenters. The number of carbonyl (C=O) groups excluding carboxylic acids is 1. The Morgan fingerprint density at radius 3 is 2.40 bits per heavy atom. The van der Waals surface area contributed by atoms with E-state index in [0.717, 1.165) is 24.8 Å². The average Bonchev–Trinajstić information content (AvgIpc) is 2.90. The van der Waals surface area contributed by atoms with E-state index in [1.54, 1.807) is 32.0 Å². The standard InChI is InChI=1S/C18H23N3O3S/c1-13-8-7-9-16(12-13)18(22)21-15(3)17(14(2)19-21)25(23,24)20-10-5-4-6-11-20/h7-9,12H,4-6,10-11H2,1-3H3. The molecule has 0 bridgehead atoms. The van der Waals surface area contributed by atoms with E-state index < -0.39 is 10.0 Å². The van der Waals surface area contributed by atoms with Crippen LogP contribution in [0.3, 0.4) is 0 Å². The largest absolute Gasteiger partial charge is 0.278 e. The van der Waals surface area contributed by atoms with E-state index in [1.165, 1.54) is 8.99 Å². The van der Waals surface area contributed by atoms with Crippen molar-refractivity contribution in [3.05, 3.63) is 46.8 Å². The normalized spacial score (nSPS) is 16.1. The van der Waals surface area contributed by atoms with Crippen LogP contribution in [0.2, 0.25) is 0 Å². The molecular formula is C18H23N3O3S. The van der Waals surface area contributed by atoms with Gasteiger partial charge in [-0.25, -0.2) is 8.42 Å². The van der Waals surface area contributed by atoms with E-state index in [4.69, 9.17) is 0 Å². The van der Waals surface area contributed by atoms with Gasteiger partial charge < -0.3 is 0 Å². The van der Waals surface area contributed by atoms with Gasteiger partial charge in [0.2, 0.25) is 10.0 Å². The Labute approximate surface area is 148 Å². The lowest BCUT2D eigenvalue weighted by molar-refractivity contribution is 0.0942. The highest BCUT2D eigenvalue weighted by atomic mass is 32.2. The summed E-state index contributed by atoms with van der Waals surface area (Å²) in [5, 5.41) is 4.24. The van der Waals surface area contributed by atoms with Crippen LogP contribution >= 0.6 is 0 Å². The Kier molecular flexibility index (Phi) is 4.79. The van der Waals surface area contributed by atoms with E-state index in [1.807, 2.05) is 13.0 Å². The Balaban J connectivity index is 2.02. The number of carbonyl (C=O) groups is 1. The van der Waals surface area contributed by atoms with Crippen molar-refractivity contribution in [2.24, 2.45) is 0 Å². The molecule has 7 heteroatoms. The number of aromatic nitrogens is 2. The fourth-order valence-electron chi connectivity index (χ4n) is 3.33. The number of hydrogen-bond donors (Lipinski definition) is 0. The van der Waals surface area contributed by atoms with Crippen molar-refractivity contribution in [3.63, 3.8) is 0 Å². The SMILES string of the molecule is Cc1cccc(C(=O)n2nc(C)c(S(=O)(=O)N3CCCCC3)c2C)c1. The van der Waals surface area contributed by atoms with Crippen molar-refractivity contribution in [3.8, 4) is 0 Å². The molecule has 0 aliphatic carbocycles. The second-order valence-corrected chi connectivity index (χ2v) is 8.43. The summed E-state index contributed by atoms with van der Waals surface area (Å²) in [4.78, 5) is 12.9. The van der Waals surface area contributed by atoms with E-state index in [0.29, 0.717) is 30.0 Å². The van der Waals surface area contributed by atoms with Crippen LogP contribution in [-0.2, 0) is 10.0 Å². The Morgan fingerprint density at radius 1 is 1.08 bits per heavy atom. The second-order valence-electron chi connectivity index (χ2n) is 6.55. The predicted molar refractivity (Wildman–Crippen MR) is 95.2 cm³/mol. The molecule has 1 fully saturated rings. The van der Waals surface area contributed by atoms with Gasteiger partial charge in [-0.1, -0.05) is 24.1 Å². The fourth-order valence-corrected chi connectivity index (χ4v) is 5.21. The summed E-state index contributed by atoms with van der Waals surface area (Å²) >= 11 is 0. The van der Waals surface area contributed by atoms with Gasteiger partial charge in [0.25, 0.3) is 5.91 Å². The third-order valence-corrected chi connectivity index (χ3v) is 6.75. The van der Waals surface area contributed by atoms with Crippen LogP contribution in [0.5, 0.6) is 0 Å². The molecule has 0 spiro atoms. The number of sulfonamides is 1. The third kappa shape index (κ3) is 3.26. The van der Waals surface area contributed by atoms with Crippen LogP contribution in [-0.4, -0.2) is 41.5 Å². The van der Waals surface area contributed by atoms with Crippen molar-refractivity contribution in [2.75, 3.05) is 13.1 Å². The summed E-state index contributed by atoms with van der Waals surface area (Å²) in [7, 11) is -3.63. The molecule has 1 aromatic heterocycles. The Hall–Kier alpha value is -1.99. The van der Waals surface area contributed by atoms with Gasteiger partial charge in [0.05, 0.1) is 11.4 Å². The van der Waals surface area contributed by atoms with Crippen molar-refractivity contribution in [2.45, 2.75) is 44.9 Å². The number of benzene rings is 1. The molecule has 1 saturated heterocycles. The molecule has 25 heavy (non-hydrogen) atoms.